The van der Waals surface area contributed by atoms with Gasteiger partial charge in [0.1, 0.15) is 36.2 Å². The van der Waals surface area contributed by atoms with Crippen molar-refractivity contribution < 1.29 is 29.3 Å². The zero-order valence-electron chi connectivity index (χ0n) is 46.7. The van der Waals surface area contributed by atoms with Gasteiger partial charge >= 0.3 is 0 Å². The van der Waals surface area contributed by atoms with Gasteiger partial charge in [-0.05, 0) is 138 Å². The van der Waals surface area contributed by atoms with Gasteiger partial charge in [0.15, 0.2) is 0 Å². The summed E-state index contributed by atoms with van der Waals surface area (Å²) < 4.78 is 13.8. The van der Waals surface area contributed by atoms with Crippen molar-refractivity contribution in [2.24, 2.45) is 0 Å². The Bertz CT molecular complexity index is 3270. The fraction of sp³-hybridized carbons (Fsp3) is 0.303. The molecule has 0 radical (unpaired) electrons. The first-order valence-corrected chi connectivity index (χ1v) is 29.7. The molecule has 0 spiro atoms. The smallest absolute Gasteiger partial charge is 0.251 e. The van der Waals surface area contributed by atoms with Gasteiger partial charge in [0.05, 0.1) is 52.3 Å². The van der Waals surface area contributed by atoms with Gasteiger partial charge in [0.25, 0.3) is 11.8 Å². The first kappa shape index (κ1) is 56.5. The Morgan fingerprint density at radius 3 is 0.936 bits per heavy atom. The number of benzene rings is 8. The van der Waals surface area contributed by atoms with Crippen LogP contribution in [0.3, 0.4) is 0 Å². The molecule has 1 aliphatic rings. The fourth-order valence-electron chi connectivity index (χ4n) is 8.92. The van der Waals surface area contributed by atoms with Gasteiger partial charge < -0.3 is 30.3 Å². The van der Waals surface area contributed by atoms with Gasteiger partial charge in [-0.2, -0.15) is 0 Å². The molecule has 4 N–H and O–H groups in total. The topological polar surface area (TPSA) is 117 Å². The van der Waals surface area contributed by atoms with E-state index in [-0.39, 0.29) is 71.3 Å². The summed E-state index contributed by atoms with van der Waals surface area (Å²) in [5.74, 6) is 1.01. The van der Waals surface area contributed by atoms with E-state index < -0.39 is 0 Å². The number of fused-ring (bicyclic) bond motifs is 10. The Morgan fingerprint density at radius 2 is 0.654 bits per heavy atom. The third kappa shape index (κ3) is 12.9. The first-order chi connectivity index (χ1) is 36.8. The van der Waals surface area contributed by atoms with Crippen LogP contribution in [0, 0.1) is 0 Å². The summed E-state index contributed by atoms with van der Waals surface area (Å²) in [5.41, 5.74) is 4.08. The maximum Gasteiger partial charge on any atom is 0.251 e. The monoisotopic (exact) mass is 1110 g/mol. The molecular formula is C66H70N2O6S4. The SMILES string of the molecule is CC(C)(C)c1cc2c(O)c(c1)Sc1cc(C(C)(C)C)cc(c1OCCNC(=O)c1ccc3ccccc3c1)Sc1cc(C(C)(C)C)cc(c1O)Sc1cc(C(C)(C)C)cc(c1OCCNC(=O)c1ccc3ccccc3c1)S2. The summed E-state index contributed by atoms with van der Waals surface area (Å²) in [5, 5.41) is 35.7. The molecule has 8 bridgehead atoms. The van der Waals surface area contributed by atoms with Crippen molar-refractivity contribution in [3.63, 3.8) is 0 Å². The van der Waals surface area contributed by atoms with E-state index in [2.05, 4.69) is 142 Å². The number of hydrogen-bond donors (Lipinski definition) is 4. The highest BCUT2D eigenvalue weighted by atomic mass is 32.2. The van der Waals surface area contributed by atoms with Crippen LogP contribution in [0.2, 0.25) is 0 Å². The normalized spacial score (nSPS) is 13.1. The lowest BCUT2D eigenvalue weighted by Crippen LogP contribution is -2.28. The number of nitrogens with one attached hydrogen (secondary N) is 2. The Balaban J connectivity index is 1.16. The number of carbonyl (C=O) groups is 2. The molecule has 2 amide bonds. The minimum Gasteiger partial charge on any atom is -0.506 e. The number of hydrogen-bond acceptors (Lipinski definition) is 10. The van der Waals surface area contributed by atoms with E-state index in [1.807, 2.05) is 84.9 Å². The number of ether oxygens (including phenoxy) is 2. The molecule has 8 aromatic rings. The third-order valence-electron chi connectivity index (χ3n) is 13.8. The zero-order valence-corrected chi connectivity index (χ0v) is 50.0. The number of carbonyl (C=O) groups excluding carboxylic acids is 2. The van der Waals surface area contributed by atoms with Crippen molar-refractivity contribution in [1.29, 1.82) is 0 Å². The molecule has 8 aromatic carbocycles. The van der Waals surface area contributed by atoms with Gasteiger partial charge in [-0.3, -0.25) is 9.59 Å². The highest BCUT2D eigenvalue weighted by Gasteiger charge is 2.30. The molecule has 0 aromatic heterocycles. The Kier molecular flexibility index (Phi) is 16.3. The number of phenols is 2. The molecule has 78 heavy (non-hydrogen) atoms. The lowest BCUT2D eigenvalue weighted by molar-refractivity contribution is 0.0939. The quantitative estimate of drug-likeness (QED) is 0.0987. The standard InChI is InChI=1S/C66H70N2O6S4/c1-63(2,3)45-31-49-57(69)50(32-45)76-54-36-48(66(10,11)12)38-56(60(54)74-28-26-68-62(72)44-24-22-40-18-14-16-20-42(40)30-44)78-52-34-46(64(4,5)6)33-51(58(52)70)77-55-37-47(65(7,8)9)35-53(75-49)59(55)73-27-25-67-61(71)43-23-21-39-17-13-15-19-41(39)29-43/h13-24,29-38,69-70H,25-28H2,1-12H3,(H,67,71)(H,68,72). The Morgan fingerprint density at radius 1 is 0.385 bits per heavy atom. The summed E-state index contributed by atoms with van der Waals surface area (Å²) in [6.45, 7) is 26.9. The second-order valence-electron chi connectivity index (χ2n) is 24.0. The molecule has 12 heteroatoms. The molecular weight excluding hydrogens is 1050 g/mol. The summed E-state index contributed by atoms with van der Waals surface area (Å²) in [4.78, 5) is 32.9. The van der Waals surface area contributed by atoms with Crippen LogP contribution in [0.1, 0.15) is 126 Å². The highest BCUT2D eigenvalue weighted by molar-refractivity contribution is 8.01. The lowest BCUT2D eigenvalue weighted by Gasteiger charge is -2.27. The van der Waals surface area contributed by atoms with Crippen molar-refractivity contribution in [2.45, 2.75) is 144 Å². The van der Waals surface area contributed by atoms with Crippen molar-refractivity contribution in [1.82, 2.24) is 10.6 Å². The van der Waals surface area contributed by atoms with Crippen molar-refractivity contribution >= 4 is 80.4 Å². The second kappa shape index (κ2) is 22.5. The Labute approximate surface area is 477 Å². The number of amides is 2. The van der Waals surface area contributed by atoms with Gasteiger partial charge in [-0.1, -0.05) is 191 Å². The maximum absolute atomic E-state index is 13.6. The second-order valence-corrected chi connectivity index (χ2v) is 28.3. The van der Waals surface area contributed by atoms with Gasteiger partial charge in [-0.25, -0.2) is 0 Å². The zero-order chi connectivity index (χ0) is 55.9. The van der Waals surface area contributed by atoms with E-state index in [1.165, 1.54) is 47.0 Å². The molecule has 0 unspecified atom stereocenters. The summed E-state index contributed by atoms with van der Waals surface area (Å²) >= 11 is 5.77. The number of aromatic hydroxyl groups is 2. The predicted molar refractivity (Wildman–Crippen MR) is 324 cm³/mol. The van der Waals surface area contributed by atoms with Crippen LogP contribution in [0.4, 0.5) is 0 Å². The van der Waals surface area contributed by atoms with Gasteiger partial charge in [-0.15, -0.1) is 0 Å². The van der Waals surface area contributed by atoms with E-state index >= 15 is 0 Å². The predicted octanol–water partition coefficient (Wildman–Crippen LogP) is 17.1. The Hall–Kier alpha value is -6.18. The molecule has 0 saturated heterocycles. The number of phenolic OH excluding ortho intramolecular Hbond substituents is 2. The highest BCUT2D eigenvalue weighted by Crippen LogP contribution is 2.56. The average molecular weight is 1120 g/mol. The van der Waals surface area contributed by atoms with Crippen LogP contribution >= 0.6 is 47.0 Å². The van der Waals surface area contributed by atoms with Crippen LogP contribution < -0.4 is 20.1 Å². The van der Waals surface area contributed by atoms with Gasteiger partial charge in [0, 0.05) is 11.1 Å². The van der Waals surface area contributed by atoms with Gasteiger partial charge in [0.2, 0.25) is 0 Å². The minimum atomic E-state index is -0.308. The lowest BCUT2D eigenvalue weighted by atomic mass is 9.87. The fourth-order valence-corrected chi connectivity index (χ4v) is 13.5. The van der Waals surface area contributed by atoms with Crippen LogP contribution in [0.15, 0.2) is 173 Å². The number of rotatable bonds is 10. The molecule has 0 saturated carbocycles. The molecule has 0 atom stereocenters. The third-order valence-corrected chi connectivity index (χ3v) is 18.0. The van der Waals surface area contributed by atoms with Crippen molar-refractivity contribution in [3.8, 4) is 23.0 Å². The molecule has 8 nitrogen and oxygen atoms in total. The summed E-state index contributed by atoms with van der Waals surface area (Å²) in [7, 11) is 0. The molecule has 404 valence electrons. The molecule has 1 aliphatic heterocycles. The van der Waals surface area contributed by atoms with Crippen molar-refractivity contribution in [2.75, 3.05) is 26.3 Å². The van der Waals surface area contributed by atoms with E-state index in [4.69, 9.17) is 9.47 Å². The van der Waals surface area contributed by atoms with Crippen molar-refractivity contribution in [3.05, 3.63) is 167 Å². The van der Waals surface area contributed by atoms with Crippen LogP contribution in [0.5, 0.6) is 23.0 Å². The summed E-state index contributed by atoms with van der Waals surface area (Å²) in [6, 6.07) is 44.2. The maximum atomic E-state index is 13.6. The summed E-state index contributed by atoms with van der Waals surface area (Å²) in [6.07, 6.45) is 0. The average Bonchev–Trinajstić information content (AvgIpc) is 3.44. The van der Waals surface area contributed by atoms with E-state index in [0.717, 1.165) is 63.4 Å². The van der Waals surface area contributed by atoms with Crippen LogP contribution in [0.25, 0.3) is 21.5 Å². The van der Waals surface area contributed by atoms with Crippen LogP contribution in [-0.4, -0.2) is 48.3 Å². The van der Waals surface area contributed by atoms with Crippen LogP contribution in [-0.2, 0) is 21.7 Å². The van der Waals surface area contributed by atoms with E-state index in [1.54, 1.807) is 0 Å². The first-order valence-electron chi connectivity index (χ1n) is 26.4. The minimum absolute atomic E-state index is 0.121. The molecule has 0 fully saturated rings. The molecule has 0 aliphatic carbocycles. The molecule has 9 rings (SSSR count). The van der Waals surface area contributed by atoms with E-state index in [0.29, 0.717) is 42.2 Å². The largest absolute Gasteiger partial charge is 0.506 e. The molecule has 1 heterocycles. The van der Waals surface area contributed by atoms with E-state index in [9.17, 15) is 19.8 Å².